The van der Waals surface area contributed by atoms with Gasteiger partial charge in [-0.2, -0.15) is 0 Å². The van der Waals surface area contributed by atoms with Crippen LogP contribution in [0.5, 0.6) is 0 Å². The molecule has 0 spiro atoms. The number of aliphatic hydroxyl groups excluding tert-OH is 3. The molecule has 182 valence electrons. The number of unbranched alkanes of at least 4 members (excludes halogenated alkanes) is 1. The summed E-state index contributed by atoms with van der Waals surface area (Å²) in [5.74, 6) is 0.731. The van der Waals surface area contributed by atoms with E-state index in [0.29, 0.717) is 24.9 Å². The van der Waals surface area contributed by atoms with Crippen molar-refractivity contribution in [2.45, 2.75) is 125 Å². The van der Waals surface area contributed by atoms with E-state index in [1.165, 1.54) is 31.3 Å². The Labute approximate surface area is 193 Å². The topological polar surface area (TPSA) is 60.7 Å². The molecule has 3 unspecified atom stereocenters. The number of rotatable bonds is 6. The van der Waals surface area contributed by atoms with Crippen molar-refractivity contribution in [3.05, 3.63) is 34.9 Å². The van der Waals surface area contributed by atoms with E-state index in [9.17, 15) is 10.2 Å². The molecule has 0 aromatic rings. The minimum atomic E-state index is -0.511. The van der Waals surface area contributed by atoms with Gasteiger partial charge < -0.3 is 15.3 Å². The summed E-state index contributed by atoms with van der Waals surface area (Å²) in [6.45, 7) is 15.1. The minimum absolute atomic E-state index is 0.308. The van der Waals surface area contributed by atoms with Crippen LogP contribution in [-0.4, -0.2) is 34.1 Å². The first-order chi connectivity index (χ1) is 14.8. The monoisotopic (exact) mass is 436 g/mol. The van der Waals surface area contributed by atoms with E-state index in [1.54, 1.807) is 0 Å². The molecule has 31 heavy (non-hydrogen) atoms. The molecule has 0 saturated heterocycles. The third kappa shape index (κ3) is 11.0. The summed E-state index contributed by atoms with van der Waals surface area (Å²) in [7, 11) is 0. The molecule has 2 aliphatic carbocycles. The molecule has 0 radical (unpaired) electrons. The molecule has 3 heteroatoms. The summed E-state index contributed by atoms with van der Waals surface area (Å²) in [5.41, 5.74) is 3.83. The fraction of sp³-hybridized carbons (Fsp3) is 0.786. The smallest absolute Gasteiger partial charge is 0.0777 e. The van der Waals surface area contributed by atoms with E-state index < -0.39 is 12.2 Å². The van der Waals surface area contributed by atoms with Gasteiger partial charge in [-0.3, -0.25) is 0 Å². The van der Waals surface area contributed by atoms with Gasteiger partial charge in [0, 0.05) is 13.0 Å². The van der Waals surface area contributed by atoms with Crippen molar-refractivity contribution in [3.63, 3.8) is 0 Å². The van der Waals surface area contributed by atoms with Crippen LogP contribution in [0.25, 0.3) is 0 Å². The largest absolute Gasteiger partial charge is 0.396 e. The molecule has 3 atom stereocenters. The molecule has 0 fully saturated rings. The van der Waals surface area contributed by atoms with E-state index in [4.69, 9.17) is 5.11 Å². The molecule has 0 aromatic heterocycles. The molecular formula is C28H52O3. The van der Waals surface area contributed by atoms with Crippen molar-refractivity contribution < 1.29 is 15.3 Å². The Morgan fingerprint density at radius 2 is 1.74 bits per heavy atom. The Bertz CT molecular complexity index is 557. The average Bonchev–Trinajstić information content (AvgIpc) is 2.82. The van der Waals surface area contributed by atoms with Crippen LogP contribution in [0.1, 0.15) is 113 Å². The lowest BCUT2D eigenvalue weighted by Gasteiger charge is -2.34. The van der Waals surface area contributed by atoms with Crippen LogP contribution in [0.15, 0.2) is 34.9 Å². The lowest BCUT2D eigenvalue weighted by Crippen LogP contribution is -2.25. The molecule has 2 aliphatic rings. The zero-order valence-electron chi connectivity index (χ0n) is 21.6. The van der Waals surface area contributed by atoms with Gasteiger partial charge in [-0.15, -0.1) is 0 Å². The fourth-order valence-corrected chi connectivity index (χ4v) is 4.62. The highest BCUT2D eigenvalue weighted by Crippen LogP contribution is 2.40. The van der Waals surface area contributed by atoms with E-state index in [2.05, 4.69) is 32.1 Å². The first-order valence-electron chi connectivity index (χ1n) is 12.9. The molecule has 0 saturated carbocycles. The third-order valence-electron chi connectivity index (χ3n) is 6.73. The molecule has 3 N–H and O–H groups in total. The van der Waals surface area contributed by atoms with E-state index in [1.807, 2.05) is 34.6 Å². The van der Waals surface area contributed by atoms with Crippen molar-refractivity contribution in [3.8, 4) is 0 Å². The van der Waals surface area contributed by atoms with Crippen LogP contribution in [-0.2, 0) is 0 Å². The van der Waals surface area contributed by atoms with Crippen LogP contribution in [0.4, 0.5) is 0 Å². The van der Waals surface area contributed by atoms with Gasteiger partial charge in [-0.05, 0) is 80.8 Å². The predicted octanol–water partition coefficient (Wildman–Crippen LogP) is 7.12. The Morgan fingerprint density at radius 1 is 1.06 bits per heavy atom. The first kappa shape index (κ1) is 30.1. The molecule has 0 aromatic carbocycles. The highest BCUT2D eigenvalue weighted by Gasteiger charge is 2.28. The number of allylic oxidation sites excluding steroid dienone is 4. The molecule has 0 bridgehead atoms. The average molecular weight is 437 g/mol. The van der Waals surface area contributed by atoms with Gasteiger partial charge in [0.2, 0.25) is 0 Å². The summed E-state index contributed by atoms with van der Waals surface area (Å²) in [5, 5.41) is 29.1. The number of aliphatic hydroxyl groups is 3. The van der Waals surface area contributed by atoms with Crippen molar-refractivity contribution in [2.75, 3.05) is 6.61 Å². The van der Waals surface area contributed by atoms with Crippen molar-refractivity contribution >= 4 is 0 Å². The van der Waals surface area contributed by atoms with Gasteiger partial charge in [0.1, 0.15) is 0 Å². The second-order valence-corrected chi connectivity index (χ2v) is 9.27. The van der Waals surface area contributed by atoms with Crippen molar-refractivity contribution in [2.24, 2.45) is 11.3 Å². The quantitative estimate of drug-likeness (QED) is 0.388. The van der Waals surface area contributed by atoms with E-state index in [0.717, 1.165) is 42.7 Å². The molecule has 0 aliphatic heterocycles. The summed E-state index contributed by atoms with van der Waals surface area (Å²) in [6.07, 6.45) is 16.0. The second kappa shape index (κ2) is 16.7. The highest BCUT2D eigenvalue weighted by molar-refractivity contribution is 5.34. The molecule has 0 heterocycles. The zero-order valence-corrected chi connectivity index (χ0v) is 21.6. The van der Waals surface area contributed by atoms with Crippen LogP contribution in [0, 0.1) is 11.3 Å². The van der Waals surface area contributed by atoms with E-state index in [-0.39, 0.29) is 0 Å². The van der Waals surface area contributed by atoms with Crippen LogP contribution >= 0.6 is 0 Å². The summed E-state index contributed by atoms with van der Waals surface area (Å²) >= 11 is 0. The van der Waals surface area contributed by atoms with Gasteiger partial charge >= 0.3 is 0 Å². The summed E-state index contributed by atoms with van der Waals surface area (Å²) in [4.78, 5) is 0. The molecule has 2 rings (SSSR count). The van der Waals surface area contributed by atoms with Crippen LogP contribution < -0.4 is 0 Å². The lowest BCUT2D eigenvalue weighted by atomic mass is 9.71. The minimum Gasteiger partial charge on any atom is -0.396 e. The van der Waals surface area contributed by atoms with Gasteiger partial charge in [0.15, 0.2) is 0 Å². The Morgan fingerprint density at radius 3 is 2.39 bits per heavy atom. The highest BCUT2D eigenvalue weighted by atomic mass is 16.3. The Kier molecular flexibility index (Phi) is 16.2. The van der Waals surface area contributed by atoms with Gasteiger partial charge in [-0.1, -0.05) is 71.8 Å². The van der Waals surface area contributed by atoms with Gasteiger partial charge in [0.25, 0.3) is 0 Å². The Balaban J connectivity index is 0.00000212. The number of hydrogen-bond donors (Lipinski definition) is 3. The van der Waals surface area contributed by atoms with Gasteiger partial charge in [-0.25, -0.2) is 0 Å². The standard InChI is InChI=1S/C24H40O3.2C2H6/c1-18-20(16-22(26)17-23(18)27)13-12-19-8-6-11-21(10-4-5-15-25)24(2,3)14-7-9-19;2*1-2/h9,12-13,21-23,25-27H,4-8,10-11,14-17H2,1-3H3;2*1-2H3/b13-12-,19-9+;;. The maximum absolute atomic E-state index is 10.1. The van der Waals surface area contributed by atoms with Gasteiger partial charge in [0.05, 0.1) is 12.2 Å². The SMILES string of the molecule is CC.CC.CC1=C(/C=C\C2=C\CCC(C)(C)C(CCCCO)CCC2)CC(O)CC1O. The number of hydrogen-bond acceptors (Lipinski definition) is 3. The van der Waals surface area contributed by atoms with Crippen LogP contribution in [0.3, 0.4) is 0 Å². The second-order valence-electron chi connectivity index (χ2n) is 9.27. The zero-order chi connectivity index (χ0) is 23.9. The predicted molar refractivity (Wildman–Crippen MR) is 135 cm³/mol. The lowest BCUT2D eigenvalue weighted by molar-refractivity contribution is 0.0879. The maximum atomic E-state index is 10.1. The first-order valence-corrected chi connectivity index (χ1v) is 12.9. The van der Waals surface area contributed by atoms with Crippen LogP contribution in [0.2, 0.25) is 0 Å². The molecule has 0 amide bonds. The summed E-state index contributed by atoms with van der Waals surface area (Å²) < 4.78 is 0. The normalized spacial score (nSPS) is 28.2. The molecule has 3 nitrogen and oxygen atoms in total. The van der Waals surface area contributed by atoms with E-state index >= 15 is 0 Å². The third-order valence-corrected chi connectivity index (χ3v) is 6.73. The Hall–Kier alpha value is -0.900. The fourth-order valence-electron chi connectivity index (χ4n) is 4.62. The molecular weight excluding hydrogens is 384 g/mol. The van der Waals surface area contributed by atoms with Crippen molar-refractivity contribution in [1.82, 2.24) is 0 Å². The van der Waals surface area contributed by atoms with Crippen molar-refractivity contribution in [1.29, 1.82) is 0 Å². The maximum Gasteiger partial charge on any atom is 0.0777 e. The summed E-state index contributed by atoms with van der Waals surface area (Å²) in [6, 6.07) is 0.